The largest absolute Gasteiger partial charge is 0.298 e. The van der Waals surface area contributed by atoms with Gasteiger partial charge in [-0.15, -0.1) is 0 Å². The Morgan fingerprint density at radius 1 is 0.923 bits per heavy atom. The molecule has 134 valence electrons. The van der Waals surface area contributed by atoms with Crippen LogP contribution in [0.1, 0.15) is 55.3 Å². The average Bonchev–Trinajstić information content (AvgIpc) is 2.59. The molecule has 0 saturated heterocycles. The van der Waals surface area contributed by atoms with E-state index < -0.39 is 16.2 Å². The summed E-state index contributed by atoms with van der Waals surface area (Å²) in [5.74, 6) is -0.339. The van der Waals surface area contributed by atoms with E-state index in [1.54, 1.807) is 24.3 Å². The molecule has 0 radical (unpaired) electrons. The second-order valence-electron chi connectivity index (χ2n) is 8.50. The first kappa shape index (κ1) is 18.2. The van der Waals surface area contributed by atoms with E-state index >= 15 is 0 Å². The van der Waals surface area contributed by atoms with Crippen molar-refractivity contribution >= 4 is 17.3 Å². The number of allylic oxidation sites excluding steroid dienone is 6. The van der Waals surface area contributed by atoms with E-state index in [2.05, 4.69) is 0 Å². The number of carbonyl (C=O) groups is 3. The molecule has 0 spiro atoms. The summed E-state index contributed by atoms with van der Waals surface area (Å²) in [4.78, 5) is 39.2. The molecule has 1 aromatic carbocycles. The monoisotopic (exact) mass is 348 g/mol. The molecular weight excluding hydrogens is 324 g/mol. The third-order valence-electron chi connectivity index (χ3n) is 5.72. The molecule has 0 fully saturated rings. The van der Waals surface area contributed by atoms with Crippen LogP contribution < -0.4 is 0 Å². The number of benzene rings is 1. The van der Waals surface area contributed by atoms with Gasteiger partial charge in [-0.05, 0) is 13.0 Å². The SMILES string of the molecule is CC(C)(C)C(=O)C1(C)C=CC=CC1(C)C1=CC(=O)c2ccccc2C1=O. The summed E-state index contributed by atoms with van der Waals surface area (Å²) in [5, 5.41) is 0. The van der Waals surface area contributed by atoms with Gasteiger partial charge in [-0.2, -0.15) is 0 Å². The van der Waals surface area contributed by atoms with Crippen LogP contribution in [0.2, 0.25) is 0 Å². The van der Waals surface area contributed by atoms with Crippen molar-refractivity contribution in [3.8, 4) is 0 Å². The minimum absolute atomic E-state index is 0.0353. The molecule has 0 amide bonds. The highest BCUT2D eigenvalue weighted by Crippen LogP contribution is 2.53. The normalized spacial score (nSPS) is 28.0. The summed E-state index contributed by atoms with van der Waals surface area (Å²) in [6, 6.07) is 6.85. The van der Waals surface area contributed by atoms with E-state index in [1.807, 2.05) is 58.9 Å². The predicted octanol–water partition coefficient (Wildman–Crippen LogP) is 4.75. The number of Topliss-reactive ketones (excluding diaryl/α,β-unsaturated/α-hetero) is 2. The van der Waals surface area contributed by atoms with Crippen molar-refractivity contribution in [1.29, 1.82) is 0 Å². The van der Waals surface area contributed by atoms with E-state index in [-0.39, 0.29) is 17.3 Å². The number of fused-ring (bicyclic) bond motifs is 1. The average molecular weight is 348 g/mol. The van der Waals surface area contributed by atoms with E-state index in [0.717, 1.165) is 0 Å². The van der Waals surface area contributed by atoms with Crippen LogP contribution in [0.25, 0.3) is 0 Å². The minimum Gasteiger partial charge on any atom is -0.298 e. The van der Waals surface area contributed by atoms with E-state index in [1.165, 1.54) is 6.08 Å². The van der Waals surface area contributed by atoms with Gasteiger partial charge in [-0.1, -0.05) is 76.3 Å². The summed E-state index contributed by atoms with van der Waals surface area (Å²) in [5.41, 5.74) is -1.19. The van der Waals surface area contributed by atoms with Gasteiger partial charge in [0.1, 0.15) is 5.78 Å². The zero-order chi connectivity index (χ0) is 19.3. The number of ketones is 3. The first-order chi connectivity index (χ1) is 12.0. The Hall–Kier alpha value is -2.55. The number of hydrogen-bond donors (Lipinski definition) is 0. The zero-order valence-electron chi connectivity index (χ0n) is 15.9. The summed E-state index contributed by atoms with van der Waals surface area (Å²) in [6.07, 6.45) is 8.84. The lowest BCUT2D eigenvalue weighted by atomic mass is 9.53. The Bertz CT molecular complexity index is 908. The van der Waals surface area contributed by atoms with E-state index in [0.29, 0.717) is 16.7 Å². The van der Waals surface area contributed by atoms with Gasteiger partial charge in [0.15, 0.2) is 11.6 Å². The minimum atomic E-state index is -0.923. The van der Waals surface area contributed by atoms with Crippen molar-refractivity contribution < 1.29 is 14.4 Å². The molecule has 2 aliphatic rings. The molecule has 2 atom stereocenters. The number of hydrogen-bond acceptors (Lipinski definition) is 3. The highest BCUT2D eigenvalue weighted by molar-refractivity contribution is 6.25. The van der Waals surface area contributed by atoms with Crippen LogP contribution in [0.5, 0.6) is 0 Å². The maximum atomic E-state index is 13.3. The Morgan fingerprint density at radius 2 is 1.50 bits per heavy atom. The van der Waals surface area contributed by atoms with Crippen LogP contribution in [-0.4, -0.2) is 17.3 Å². The Kier molecular flexibility index (Phi) is 4.02. The molecule has 0 saturated carbocycles. The van der Waals surface area contributed by atoms with E-state index in [9.17, 15) is 14.4 Å². The van der Waals surface area contributed by atoms with Crippen LogP contribution in [0, 0.1) is 16.2 Å². The molecule has 2 unspecified atom stereocenters. The third-order valence-corrected chi connectivity index (χ3v) is 5.72. The van der Waals surface area contributed by atoms with Crippen molar-refractivity contribution in [2.75, 3.05) is 0 Å². The van der Waals surface area contributed by atoms with Gasteiger partial charge in [0.2, 0.25) is 0 Å². The molecular formula is C23H24O3. The maximum Gasteiger partial charge on any atom is 0.190 e. The topological polar surface area (TPSA) is 51.2 Å². The Labute approximate surface area is 154 Å². The number of carbonyl (C=O) groups excluding carboxylic acids is 3. The van der Waals surface area contributed by atoms with Gasteiger partial charge >= 0.3 is 0 Å². The molecule has 3 rings (SSSR count). The fourth-order valence-corrected chi connectivity index (χ4v) is 4.00. The van der Waals surface area contributed by atoms with Crippen LogP contribution in [-0.2, 0) is 4.79 Å². The van der Waals surface area contributed by atoms with Gasteiger partial charge in [-0.3, -0.25) is 14.4 Å². The fraction of sp³-hybridized carbons (Fsp3) is 0.348. The molecule has 3 heteroatoms. The first-order valence-corrected chi connectivity index (χ1v) is 8.84. The molecule has 1 aromatic rings. The fourth-order valence-electron chi connectivity index (χ4n) is 4.00. The first-order valence-electron chi connectivity index (χ1n) is 8.84. The molecule has 3 nitrogen and oxygen atoms in total. The highest BCUT2D eigenvalue weighted by Gasteiger charge is 2.54. The summed E-state index contributed by atoms with van der Waals surface area (Å²) < 4.78 is 0. The van der Waals surface area contributed by atoms with Gasteiger partial charge in [0.05, 0.1) is 5.41 Å². The van der Waals surface area contributed by atoms with E-state index in [4.69, 9.17) is 0 Å². The Balaban J connectivity index is 2.20. The van der Waals surface area contributed by atoms with Crippen LogP contribution in [0.3, 0.4) is 0 Å². The standard InChI is InChI=1S/C23H24O3/c1-21(2,3)20(26)23(5)13-9-8-12-22(23,4)17-14-18(24)15-10-6-7-11-16(15)19(17)25/h6-14H,1-5H3. The zero-order valence-corrected chi connectivity index (χ0v) is 15.9. The van der Waals surface area contributed by atoms with Crippen LogP contribution in [0.4, 0.5) is 0 Å². The molecule has 0 aliphatic heterocycles. The molecule has 2 aliphatic carbocycles. The molecule has 0 heterocycles. The Morgan fingerprint density at radius 3 is 2.12 bits per heavy atom. The third kappa shape index (κ3) is 2.45. The van der Waals surface area contributed by atoms with Gasteiger partial charge in [0, 0.05) is 27.5 Å². The summed E-state index contributed by atoms with van der Waals surface area (Å²) in [6.45, 7) is 9.38. The molecule has 0 bridgehead atoms. The van der Waals surface area contributed by atoms with Crippen molar-refractivity contribution in [3.63, 3.8) is 0 Å². The smallest absolute Gasteiger partial charge is 0.190 e. The van der Waals surface area contributed by atoms with Crippen LogP contribution >= 0.6 is 0 Å². The molecule has 0 aromatic heterocycles. The number of rotatable bonds is 2. The highest BCUT2D eigenvalue weighted by atomic mass is 16.1. The second kappa shape index (κ2) is 5.73. The van der Waals surface area contributed by atoms with Gasteiger partial charge < -0.3 is 0 Å². The maximum absolute atomic E-state index is 13.3. The lowest BCUT2D eigenvalue weighted by Crippen LogP contribution is -2.50. The lowest BCUT2D eigenvalue weighted by Gasteiger charge is -2.47. The lowest BCUT2D eigenvalue weighted by molar-refractivity contribution is -0.136. The molecule has 0 N–H and O–H groups in total. The quantitative estimate of drug-likeness (QED) is 0.775. The van der Waals surface area contributed by atoms with Crippen molar-refractivity contribution in [3.05, 3.63) is 71.3 Å². The van der Waals surface area contributed by atoms with Crippen molar-refractivity contribution in [1.82, 2.24) is 0 Å². The van der Waals surface area contributed by atoms with Crippen molar-refractivity contribution in [2.45, 2.75) is 34.6 Å². The van der Waals surface area contributed by atoms with Gasteiger partial charge in [-0.25, -0.2) is 0 Å². The van der Waals surface area contributed by atoms with Gasteiger partial charge in [0.25, 0.3) is 0 Å². The molecule has 26 heavy (non-hydrogen) atoms. The summed E-state index contributed by atoms with van der Waals surface area (Å²) >= 11 is 0. The van der Waals surface area contributed by atoms with Crippen molar-refractivity contribution in [2.24, 2.45) is 16.2 Å². The second-order valence-corrected chi connectivity index (χ2v) is 8.50. The predicted molar refractivity (Wildman–Crippen MR) is 102 cm³/mol. The van der Waals surface area contributed by atoms with Crippen LogP contribution in [0.15, 0.2) is 60.2 Å². The summed E-state index contributed by atoms with van der Waals surface area (Å²) in [7, 11) is 0.